The molecule has 3 aromatic rings. The number of carbonyl (C=O) groups excluding carboxylic acids is 1. The summed E-state index contributed by atoms with van der Waals surface area (Å²) < 4.78 is 1.89. The highest BCUT2D eigenvalue weighted by atomic mass is 16.3. The molecule has 3 atom stereocenters. The molecule has 0 aliphatic heterocycles. The Morgan fingerprint density at radius 1 is 1.40 bits per heavy atom. The molecule has 0 saturated heterocycles. The largest absolute Gasteiger partial charge is 0.393 e. The zero-order chi connectivity index (χ0) is 17.4. The fourth-order valence-corrected chi connectivity index (χ4v) is 3.79. The molecule has 25 heavy (non-hydrogen) atoms. The Kier molecular flexibility index (Phi) is 4.01. The van der Waals surface area contributed by atoms with Crippen LogP contribution >= 0.6 is 0 Å². The number of fused-ring (bicyclic) bond motifs is 1. The number of hydrogen-bond acceptors (Lipinski definition) is 4. The zero-order valence-corrected chi connectivity index (χ0v) is 14.0. The van der Waals surface area contributed by atoms with Crippen LogP contribution in [-0.4, -0.2) is 43.4 Å². The van der Waals surface area contributed by atoms with Crippen molar-refractivity contribution in [2.75, 3.05) is 6.54 Å². The Morgan fingerprint density at radius 2 is 2.28 bits per heavy atom. The average Bonchev–Trinajstić information content (AvgIpc) is 3.31. The van der Waals surface area contributed by atoms with Crippen molar-refractivity contribution in [3.63, 3.8) is 0 Å². The van der Waals surface area contributed by atoms with E-state index >= 15 is 0 Å². The third kappa shape index (κ3) is 2.91. The molecule has 1 aromatic carbocycles. The first kappa shape index (κ1) is 15.8. The van der Waals surface area contributed by atoms with Gasteiger partial charge in [0.05, 0.1) is 17.2 Å². The van der Waals surface area contributed by atoms with E-state index in [1.54, 1.807) is 6.33 Å². The molecule has 4 rings (SSSR count). The van der Waals surface area contributed by atoms with Gasteiger partial charge in [0.2, 0.25) is 0 Å². The average molecular weight is 339 g/mol. The molecule has 0 unspecified atom stereocenters. The fourth-order valence-electron chi connectivity index (χ4n) is 3.79. The predicted octanol–water partition coefficient (Wildman–Crippen LogP) is 1.58. The van der Waals surface area contributed by atoms with Crippen molar-refractivity contribution in [3.05, 3.63) is 48.2 Å². The summed E-state index contributed by atoms with van der Waals surface area (Å²) in [6.07, 6.45) is 4.50. The van der Waals surface area contributed by atoms with Gasteiger partial charge in [0.1, 0.15) is 12.2 Å². The van der Waals surface area contributed by atoms with Crippen LogP contribution in [0.3, 0.4) is 0 Å². The van der Waals surface area contributed by atoms with E-state index in [-0.39, 0.29) is 17.7 Å². The van der Waals surface area contributed by atoms with Gasteiger partial charge in [0.15, 0.2) is 0 Å². The molecule has 1 aliphatic rings. The van der Waals surface area contributed by atoms with Crippen molar-refractivity contribution in [2.45, 2.75) is 24.9 Å². The van der Waals surface area contributed by atoms with Gasteiger partial charge in [-0.25, -0.2) is 0 Å². The molecule has 130 valence electrons. The second-order valence-corrected chi connectivity index (χ2v) is 6.75. The minimum Gasteiger partial charge on any atom is -0.393 e. The highest BCUT2D eigenvalue weighted by Crippen LogP contribution is 2.37. The summed E-state index contributed by atoms with van der Waals surface area (Å²) >= 11 is 0. The van der Waals surface area contributed by atoms with E-state index < -0.39 is 6.10 Å². The summed E-state index contributed by atoms with van der Waals surface area (Å²) in [5, 5.41) is 22.4. The first-order valence-electron chi connectivity index (χ1n) is 8.49. The van der Waals surface area contributed by atoms with Gasteiger partial charge >= 0.3 is 0 Å². The molecule has 1 aliphatic carbocycles. The van der Waals surface area contributed by atoms with Gasteiger partial charge in [-0.3, -0.25) is 4.79 Å². The van der Waals surface area contributed by atoms with Crippen LogP contribution in [0.15, 0.2) is 36.8 Å². The van der Waals surface area contributed by atoms with Gasteiger partial charge in [-0.1, -0.05) is 12.1 Å². The Bertz CT molecular complexity index is 900. The van der Waals surface area contributed by atoms with E-state index in [9.17, 15) is 9.90 Å². The fraction of sp³-hybridized carbons (Fsp3) is 0.389. The number of nitrogens with one attached hydrogen (secondary N) is 2. The number of para-hydroxylation sites is 1. The highest BCUT2D eigenvalue weighted by molar-refractivity contribution is 6.05. The third-order valence-electron chi connectivity index (χ3n) is 5.13. The third-order valence-corrected chi connectivity index (χ3v) is 5.13. The number of aryl methyl sites for hydroxylation is 1. The van der Waals surface area contributed by atoms with E-state index in [4.69, 9.17) is 0 Å². The van der Waals surface area contributed by atoms with Crippen molar-refractivity contribution in [1.82, 2.24) is 25.1 Å². The molecule has 0 radical (unpaired) electrons. The molecule has 2 heterocycles. The summed E-state index contributed by atoms with van der Waals surface area (Å²) in [7, 11) is 1.91. The number of hydrogen-bond donors (Lipinski definition) is 3. The summed E-state index contributed by atoms with van der Waals surface area (Å²) in [5.41, 5.74) is 1.46. The lowest BCUT2D eigenvalue weighted by atomic mass is 10.0. The normalized spacial score (nSPS) is 23.2. The second-order valence-electron chi connectivity index (χ2n) is 6.75. The molecule has 0 bridgehead atoms. The Balaban J connectivity index is 1.42. The van der Waals surface area contributed by atoms with Gasteiger partial charge < -0.3 is 20.0 Å². The molecular formula is C18H21N5O2. The van der Waals surface area contributed by atoms with Crippen molar-refractivity contribution in [3.8, 4) is 0 Å². The molecule has 7 heteroatoms. The van der Waals surface area contributed by atoms with E-state index in [0.29, 0.717) is 18.5 Å². The Hall–Kier alpha value is -2.67. The number of amides is 1. The van der Waals surface area contributed by atoms with E-state index in [1.807, 2.05) is 42.1 Å². The summed E-state index contributed by atoms with van der Waals surface area (Å²) in [4.78, 5) is 15.7. The summed E-state index contributed by atoms with van der Waals surface area (Å²) in [5.74, 6) is 0.969. The van der Waals surface area contributed by atoms with Gasteiger partial charge in [-0.05, 0) is 25.0 Å². The van der Waals surface area contributed by atoms with Gasteiger partial charge in [0.25, 0.3) is 5.91 Å². The highest BCUT2D eigenvalue weighted by Gasteiger charge is 2.36. The number of aromatic amines is 1. The molecule has 3 N–H and O–H groups in total. The maximum atomic E-state index is 12.5. The Labute approximate surface area is 145 Å². The van der Waals surface area contributed by atoms with E-state index in [0.717, 1.165) is 23.1 Å². The number of benzene rings is 1. The first-order valence-corrected chi connectivity index (χ1v) is 8.49. The molecule has 2 aromatic heterocycles. The smallest absolute Gasteiger partial charge is 0.253 e. The van der Waals surface area contributed by atoms with Crippen LogP contribution in [0.25, 0.3) is 10.9 Å². The topological polar surface area (TPSA) is 95.8 Å². The SMILES string of the molecule is Cn1cnnc1[C@H]1C[C@H](CNC(=O)c2cccc3cc[nH]c23)[C@H](O)C1. The number of H-pyrrole nitrogens is 1. The van der Waals surface area contributed by atoms with E-state index in [2.05, 4.69) is 20.5 Å². The van der Waals surface area contributed by atoms with Gasteiger partial charge in [0, 0.05) is 37.0 Å². The maximum absolute atomic E-state index is 12.5. The van der Waals surface area contributed by atoms with Crippen LogP contribution in [0, 0.1) is 5.92 Å². The minimum absolute atomic E-state index is 0.0218. The van der Waals surface area contributed by atoms with Crippen LogP contribution < -0.4 is 5.32 Å². The van der Waals surface area contributed by atoms with Crippen LogP contribution in [-0.2, 0) is 7.05 Å². The lowest BCUT2D eigenvalue weighted by Crippen LogP contribution is -2.32. The summed E-state index contributed by atoms with van der Waals surface area (Å²) in [6.45, 7) is 0.450. The van der Waals surface area contributed by atoms with Crippen molar-refractivity contribution in [1.29, 1.82) is 0 Å². The predicted molar refractivity (Wildman–Crippen MR) is 93.1 cm³/mol. The van der Waals surface area contributed by atoms with Crippen molar-refractivity contribution in [2.24, 2.45) is 13.0 Å². The van der Waals surface area contributed by atoms with Crippen LogP contribution in [0.4, 0.5) is 0 Å². The van der Waals surface area contributed by atoms with Crippen LogP contribution in [0.1, 0.15) is 34.9 Å². The quantitative estimate of drug-likeness (QED) is 0.672. The first-order chi connectivity index (χ1) is 12.1. The molecule has 1 amide bonds. The number of aliphatic hydroxyl groups is 1. The molecule has 1 fully saturated rings. The van der Waals surface area contributed by atoms with Crippen molar-refractivity contribution >= 4 is 16.8 Å². The standard InChI is InChI=1S/C18H21N5O2/c1-23-10-21-22-17(23)12-7-13(15(24)8-12)9-20-18(25)14-4-2-3-11-5-6-19-16(11)14/h2-6,10,12-13,15,19,24H,7-9H2,1H3,(H,20,25)/t12-,13+,15+/m0/s1. The molecule has 7 nitrogen and oxygen atoms in total. The molecule has 1 saturated carbocycles. The number of nitrogens with zero attached hydrogens (tertiary/aromatic N) is 3. The molecular weight excluding hydrogens is 318 g/mol. The van der Waals surface area contributed by atoms with Gasteiger partial charge in [-0.15, -0.1) is 10.2 Å². The zero-order valence-electron chi connectivity index (χ0n) is 14.0. The van der Waals surface area contributed by atoms with Crippen LogP contribution in [0.5, 0.6) is 0 Å². The second kappa shape index (κ2) is 6.33. The lowest BCUT2D eigenvalue weighted by Gasteiger charge is -2.15. The number of aromatic nitrogens is 4. The maximum Gasteiger partial charge on any atom is 0.253 e. The molecule has 0 spiro atoms. The monoisotopic (exact) mass is 339 g/mol. The Morgan fingerprint density at radius 3 is 3.08 bits per heavy atom. The van der Waals surface area contributed by atoms with E-state index in [1.165, 1.54) is 0 Å². The van der Waals surface area contributed by atoms with Crippen molar-refractivity contribution < 1.29 is 9.90 Å². The number of aliphatic hydroxyl groups excluding tert-OH is 1. The lowest BCUT2D eigenvalue weighted by molar-refractivity contribution is 0.0918. The number of rotatable bonds is 4. The van der Waals surface area contributed by atoms with Gasteiger partial charge in [-0.2, -0.15) is 0 Å². The van der Waals surface area contributed by atoms with Crippen LogP contribution in [0.2, 0.25) is 0 Å². The minimum atomic E-state index is -0.441. The number of carbonyl (C=O) groups is 1. The summed E-state index contributed by atoms with van der Waals surface area (Å²) in [6, 6.07) is 7.59.